The van der Waals surface area contributed by atoms with Crippen LogP contribution in [0.2, 0.25) is 0 Å². The lowest BCUT2D eigenvalue weighted by atomic mass is 10.1. The Hall–Kier alpha value is -2.29. The summed E-state index contributed by atoms with van der Waals surface area (Å²) in [5, 5.41) is 12.4. The first-order valence-electron chi connectivity index (χ1n) is 7.48. The van der Waals surface area contributed by atoms with Gasteiger partial charge in [-0.15, -0.1) is 0 Å². The number of likely N-dealkylation sites (tertiary alicyclic amines) is 1. The Bertz CT molecular complexity index is 574. The Balaban J connectivity index is 1.99. The summed E-state index contributed by atoms with van der Waals surface area (Å²) in [5.41, 5.74) is 0.0174. The molecule has 1 aromatic heterocycles. The van der Waals surface area contributed by atoms with E-state index in [1.54, 1.807) is 23.2 Å². The predicted octanol–water partition coefficient (Wildman–Crippen LogP) is 2.76. The molecule has 1 fully saturated rings. The summed E-state index contributed by atoms with van der Waals surface area (Å²) in [5.74, 6) is 0.570. The van der Waals surface area contributed by atoms with Gasteiger partial charge in [-0.1, -0.05) is 0 Å². The van der Waals surface area contributed by atoms with E-state index in [0.717, 1.165) is 12.8 Å². The van der Waals surface area contributed by atoms with Gasteiger partial charge in [0.25, 0.3) is 0 Å². The van der Waals surface area contributed by atoms with Gasteiger partial charge in [-0.2, -0.15) is 5.26 Å². The predicted molar refractivity (Wildman–Crippen MR) is 83.4 cm³/mol. The first kappa shape index (κ1) is 16.1. The van der Waals surface area contributed by atoms with E-state index < -0.39 is 5.60 Å². The summed E-state index contributed by atoms with van der Waals surface area (Å²) >= 11 is 0. The van der Waals surface area contributed by atoms with E-state index in [0.29, 0.717) is 24.5 Å². The lowest BCUT2D eigenvalue weighted by Crippen LogP contribution is -2.47. The number of rotatable bonds is 2. The van der Waals surface area contributed by atoms with Gasteiger partial charge < -0.3 is 15.0 Å². The van der Waals surface area contributed by atoms with Gasteiger partial charge in [0.1, 0.15) is 17.5 Å². The molecule has 0 unspecified atom stereocenters. The Morgan fingerprint density at radius 1 is 1.55 bits per heavy atom. The van der Waals surface area contributed by atoms with E-state index in [-0.39, 0.29) is 12.1 Å². The third-order valence-corrected chi connectivity index (χ3v) is 3.34. The van der Waals surface area contributed by atoms with Gasteiger partial charge in [-0.25, -0.2) is 9.78 Å². The normalized spacial score (nSPS) is 18.5. The highest BCUT2D eigenvalue weighted by atomic mass is 16.6. The molecule has 0 spiro atoms. The Morgan fingerprint density at radius 2 is 2.32 bits per heavy atom. The van der Waals surface area contributed by atoms with Crippen molar-refractivity contribution in [3.05, 3.63) is 23.9 Å². The number of carbonyl (C=O) groups excluding carboxylic acids is 1. The highest BCUT2D eigenvalue weighted by Crippen LogP contribution is 2.19. The van der Waals surface area contributed by atoms with Crippen molar-refractivity contribution < 1.29 is 9.53 Å². The Labute approximate surface area is 131 Å². The second-order valence-corrected chi connectivity index (χ2v) is 6.42. The summed E-state index contributed by atoms with van der Waals surface area (Å²) < 4.78 is 5.41. The van der Waals surface area contributed by atoms with Gasteiger partial charge in [0.15, 0.2) is 0 Å². The number of nitrogens with zero attached hydrogens (tertiary/aromatic N) is 3. The first-order valence-corrected chi connectivity index (χ1v) is 7.48. The maximum atomic E-state index is 12.1. The Morgan fingerprint density at radius 3 is 3.00 bits per heavy atom. The fraction of sp³-hybridized carbons (Fsp3) is 0.562. The van der Waals surface area contributed by atoms with Gasteiger partial charge in [-0.05, 0) is 45.7 Å². The van der Waals surface area contributed by atoms with Crippen LogP contribution in [0.1, 0.15) is 39.2 Å². The molecule has 1 atom stereocenters. The van der Waals surface area contributed by atoms with Gasteiger partial charge >= 0.3 is 6.09 Å². The SMILES string of the molecule is CC(C)(C)OC(=O)N1CCC[C@H](Nc2ncccc2C#N)C1. The molecule has 2 heterocycles. The smallest absolute Gasteiger partial charge is 0.410 e. The number of hydrogen-bond acceptors (Lipinski definition) is 5. The number of pyridine rings is 1. The van der Waals surface area contributed by atoms with E-state index in [2.05, 4.69) is 16.4 Å². The van der Waals surface area contributed by atoms with Crippen LogP contribution in [0.4, 0.5) is 10.6 Å². The van der Waals surface area contributed by atoms with Crippen LogP contribution < -0.4 is 5.32 Å². The second kappa shape index (κ2) is 6.65. The molecule has 0 aliphatic carbocycles. The van der Waals surface area contributed by atoms with Gasteiger partial charge in [-0.3, -0.25) is 0 Å². The van der Waals surface area contributed by atoms with Crippen LogP contribution in [0.5, 0.6) is 0 Å². The zero-order valence-corrected chi connectivity index (χ0v) is 13.3. The molecule has 2 rings (SSSR count). The van der Waals surface area contributed by atoms with Crippen molar-refractivity contribution in [2.45, 2.75) is 45.3 Å². The number of carbonyl (C=O) groups is 1. The molecule has 0 bridgehead atoms. The molecular weight excluding hydrogens is 280 g/mol. The fourth-order valence-corrected chi connectivity index (χ4v) is 2.39. The lowest BCUT2D eigenvalue weighted by molar-refractivity contribution is 0.0206. The van der Waals surface area contributed by atoms with Crippen molar-refractivity contribution in [3.63, 3.8) is 0 Å². The lowest BCUT2D eigenvalue weighted by Gasteiger charge is -2.34. The molecule has 1 N–H and O–H groups in total. The van der Waals surface area contributed by atoms with Crippen LogP contribution in [0.15, 0.2) is 18.3 Å². The van der Waals surface area contributed by atoms with Crippen molar-refractivity contribution in [3.8, 4) is 6.07 Å². The van der Waals surface area contributed by atoms with Gasteiger partial charge in [0.05, 0.1) is 5.56 Å². The van der Waals surface area contributed by atoms with E-state index in [1.165, 1.54) is 0 Å². The summed E-state index contributed by atoms with van der Waals surface area (Å²) in [7, 11) is 0. The summed E-state index contributed by atoms with van der Waals surface area (Å²) in [6, 6.07) is 5.65. The number of anilines is 1. The van der Waals surface area contributed by atoms with Crippen molar-refractivity contribution in [1.29, 1.82) is 5.26 Å². The molecule has 0 radical (unpaired) electrons. The fourth-order valence-electron chi connectivity index (χ4n) is 2.39. The second-order valence-electron chi connectivity index (χ2n) is 6.42. The summed E-state index contributed by atoms with van der Waals surface area (Å²) in [6.45, 7) is 6.82. The van der Waals surface area contributed by atoms with Crippen LogP contribution in [0.25, 0.3) is 0 Å². The average Bonchev–Trinajstić information content (AvgIpc) is 2.46. The third kappa shape index (κ3) is 4.35. The standard InChI is InChI=1S/C16H22N4O2/c1-16(2,3)22-15(21)20-9-5-7-13(11-20)19-14-12(10-17)6-4-8-18-14/h4,6,8,13H,5,7,9,11H2,1-3H3,(H,18,19)/t13-/m0/s1. The highest BCUT2D eigenvalue weighted by Gasteiger charge is 2.28. The minimum absolute atomic E-state index is 0.0725. The molecular formula is C16H22N4O2. The molecule has 22 heavy (non-hydrogen) atoms. The topological polar surface area (TPSA) is 78.2 Å². The van der Waals surface area contributed by atoms with E-state index >= 15 is 0 Å². The third-order valence-electron chi connectivity index (χ3n) is 3.34. The maximum absolute atomic E-state index is 12.1. The molecule has 1 aliphatic rings. The largest absolute Gasteiger partial charge is 0.444 e. The number of piperidine rings is 1. The zero-order chi connectivity index (χ0) is 16.2. The van der Waals surface area contributed by atoms with Gasteiger partial charge in [0, 0.05) is 25.3 Å². The summed E-state index contributed by atoms with van der Waals surface area (Å²) in [4.78, 5) is 18.1. The number of ether oxygens (including phenoxy) is 1. The number of nitrogens with one attached hydrogen (secondary N) is 1. The maximum Gasteiger partial charge on any atom is 0.410 e. The van der Waals surface area contributed by atoms with Crippen LogP contribution in [-0.4, -0.2) is 40.7 Å². The first-order chi connectivity index (χ1) is 10.4. The van der Waals surface area contributed by atoms with Crippen LogP contribution in [0.3, 0.4) is 0 Å². The molecule has 6 heteroatoms. The van der Waals surface area contributed by atoms with Crippen LogP contribution >= 0.6 is 0 Å². The van der Waals surface area contributed by atoms with Crippen molar-refractivity contribution in [2.24, 2.45) is 0 Å². The number of nitriles is 1. The molecule has 1 saturated heterocycles. The molecule has 118 valence electrons. The van der Waals surface area contributed by atoms with Crippen LogP contribution in [0, 0.1) is 11.3 Å². The van der Waals surface area contributed by atoms with Crippen molar-refractivity contribution in [1.82, 2.24) is 9.88 Å². The van der Waals surface area contributed by atoms with Crippen molar-refractivity contribution in [2.75, 3.05) is 18.4 Å². The zero-order valence-electron chi connectivity index (χ0n) is 13.3. The Kier molecular flexibility index (Phi) is 4.86. The minimum atomic E-state index is -0.494. The number of hydrogen-bond donors (Lipinski definition) is 1. The molecule has 0 aromatic carbocycles. The molecule has 6 nitrogen and oxygen atoms in total. The average molecular weight is 302 g/mol. The monoisotopic (exact) mass is 302 g/mol. The van der Waals surface area contributed by atoms with E-state index in [1.807, 2.05) is 20.8 Å². The molecule has 0 saturated carbocycles. The number of amides is 1. The minimum Gasteiger partial charge on any atom is -0.444 e. The quantitative estimate of drug-likeness (QED) is 0.908. The van der Waals surface area contributed by atoms with Crippen molar-refractivity contribution >= 4 is 11.9 Å². The van der Waals surface area contributed by atoms with E-state index in [9.17, 15) is 4.79 Å². The summed E-state index contributed by atoms with van der Waals surface area (Å²) in [6.07, 6.45) is 3.19. The molecule has 1 amide bonds. The number of aromatic nitrogens is 1. The molecule has 1 aliphatic heterocycles. The molecule has 1 aromatic rings. The van der Waals surface area contributed by atoms with Crippen LogP contribution in [-0.2, 0) is 4.74 Å². The van der Waals surface area contributed by atoms with E-state index in [4.69, 9.17) is 10.00 Å². The highest BCUT2D eigenvalue weighted by molar-refractivity contribution is 5.68. The van der Waals surface area contributed by atoms with Gasteiger partial charge in [0.2, 0.25) is 0 Å².